The molecule has 0 aliphatic rings. The molecule has 0 aromatic carbocycles. The van der Waals surface area contributed by atoms with E-state index in [9.17, 15) is 0 Å². The summed E-state index contributed by atoms with van der Waals surface area (Å²) < 4.78 is 1.84. The van der Waals surface area contributed by atoms with Crippen molar-refractivity contribution >= 4 is 11.0 Å². The molecule has 0 bridgehead atoms. The normalized spacial score (nSPS) is 11.0. The van der Waals surface area contributed by atoms with Crippen molar-refractivity contribution < 1.29 is 0 Å². The Labute approximate surface area is 77.4 Å². The highest BCUT2D eigenvalue weighted by Gasteiger charge is 2.07. The van der Waals surface area contributed by atoms with E-state index in [1.54, 1.807) is 0 Å². The van der Waals surface area contributed by atoms with Crippen LogP contribution in [0.15, 0.2) is 12.3 Å². The number of aromatic nitrogens is 3. The molecule has 0 amide bonds. The number of fused-ring (bicyclic) bond motifs is 1. The van der Waals surface area contributed by atoms with Crippen molar-refractivity contribution in [1.82, 2.24) is 14.8 Å². The maximum absolute atomic E-state index is 4.40. The Morgan fingerprint density at radius 2 is 2.23 bits per heavy atom. The monoisotopic (exact) mass is 175 g/mol. The molecule has 13 heavy (non-hydrogen) atoms. The molecule has 3 heteroatoms. The van der Waals surface area contributed by atoms with Gasteiger partial charge in [0.2, 0.25) is 0 Å². The third-order valence-electron chi connectivity index (χ3n) is 2.23. The summed E-state index contributed by atoms with van der Waals surface area (Å²) in [5.74, 6) is 0. The summed E-state index contributed by atoms with van der Waals surface area (Å²) >= 11 is 0. The van der Waals surface area contributed by atoms with Gasteiger partial charge in [-0.3, -0.25) is 4.68 Å². The molecule has 0 saturated carbocycles. The molecule has 2 heterocycles. The lowest BCUT2D eigenvalue weighted by molar-refractivity contribution is 0.761. The van der Waals surface area contributed by atoms with E-state index in [0.717, 1.165) is 17.8 Å². The first kappa shape index (κ1) is 8.23. The van der Waals surface area contributed by atoms with Gasteiger partial charge < -0.3 is 0 Å². The molecule has 0 atom stereocenters. The molecule has 0 fully saturated rings. The van der Waals surface area contributed by atoms with Crippen LogP contribution >= 0.6 is 0 Å². The summed E-state index contributed by atoms with van der Waals surface area (Å²) in [7, 11) is 1.93. The van der Waals surface area contributed by atoms with Crippen LogP contribution in [-0.2, 0) is 13.5 Å². The Bertz CT molecular complexity index is 443. The van der Waals surface area contributed by atoms with E-state index >= 15 is 0 Å². The predicted molar refractivity (Wildman–Crippen MR) is 52.6 cm³/mol. The van der Waals surface area contributed by atoms with Crippen molar-refractivity contribution in [3.8, 4) is 0 Å². The van der Waals surface area contributed by atoms with Crippen molar-refractivity contribution in [1.29, 1.82) is 0 Å². The first-order chi connectivity index (χ1) is 6.22. The highest BCUT2D eigenvalue weighted by Crippen LogP contribution is 2.16. The lowest BCUT2D eigenvalue weighted by Gasteiger charge is -1.94. The van der Waals surface area contributed by atoms with Crippen LogP contribution in [-0.4, -0.2) is 14.8 Å². The van der Waals surface area contributed by atoms with E-state index in [1.165, 1.54) is 10.9 Å². The Balaban J connectivity index is 2.81. The van der Waals surface area contributed by atoms with Crippen LogP contribution < -0.4 is 0 Å². The summed E-state index contributed by atoms with van der Waals surface area (Å²) in [6.45, 7) is 4.17. The van der Waals surface area contributed by atoms with Crippen LogP contribution in [0.1, 0.15) is 18.2 Å². The van der Waals surface area contributed by atoms with E-state index in [2.05, 4.69) is 30.0 Å². The van der Waals surface area contributed by atoms with E-state index < -0.39 is 0 Å². The molecule has 2 aromatic rings. The van der Waals surface area contributed by atoms with Crippen LogP contribution in [0, 0.1) is 6.92 Å². The second-order valence-corrected chi connectivity index (χ2v) is 3.31. The lowest BCUT2D eigenvalue weighted by atomic mass is 10.2. The SMILES string of the molecule is CCc1nn(C)c2ncc(C)cc12. The molecule has 68 valence electrons. The minimum Gasteiger partial charge on any atom is -0.250 e. The predicted octanol–water partition coefficient (Wildman–Crippen LogP) is 1.84. The highest BCUT2D eigenvalue weighted by atomic mass is 15.3. The first-order valence-corrected chi connectivity index (χ1v) is 4.50. The van der Waals surface area contributed by atoms with Gasteiger partial charge in [-0.25, -0.2) is 4.98 Å². The van der Waals surface area contributed by atoms with Gasteiger partial charge in [-0.15, -0.1) is 0 Å². The van der Waals surface area contributed by atoms with Gasteiger partial charge in [-0.1, -0.05) is 6.92 Å². The number of aryl methyl sites for hydroxylation is 3. The molecule has 3 nitrogen and oxygen atoms in total. The Morgan fingerprint density at radius 3 is 2.92 bits per heavy atom. The minimum absolute atomic E-state index is 0.961. The number of hydrogen-bond acceptors (Lipinski definition) is 2. The van der Waals surface area contributed by atoms with Crippen LogP contribution in [0.25, 0.3) is 11.0 Å². The Hall–Kier alpha value is -1.38. The lowest BCUT2D eigenvalue weighted by Crippen LogP contribution is -1.92. The molecular weight excluding hydrogens is 162 g/mol. The van der Waals surface area contributed by atoms with Crippen molar-refractivity contribution in [2.24, 2.45) is 7.05 Å². The fourth-order valence-corrected chi connectivity index (χ4v) is 1.58. The Kier molecular flexibility index (Phi) is 1.79. The zero-order chi connectivity index (χ0) is 9.42. The first-order valence-electron chi connectivity index (χ1n) is 4.50. The van der Waals surface area contributed by atoms with Crippen molar-refractivity contribution in [3.63, 3.8) is 0 Å². The second kappa shape index (κ2) is 2.83. The molecule has 0 aliphatic heterocycles. The number of pyridine rings is 1. The van der Waals surface area contributed by atoms with Gasteiger partial charge in [-0.2, -0.15) is 5.10 Å². The maximum atomic E-state index is 4.40. The third kappa shape index (κ3) is 1.20. The molecular formula is C10H13N3. The van der Waals surface area contributed by atoms with Gasteiger partial charge >= 0.3 is 0 Å². The third-order valence-corrected chi connectivity index (χ3v) is 2.23. The van der Waals surface area contributed by atoms with Gasteiger partial charge in [0.15, 0.2) is 5.65 Å². The van der Waals surface area contributed by atoms with Gasteiger partial charge in [0.05, 0.1) is 5.69 Å². The Morgan fingerprint density at radius 1 is 1.46 bits per heavy atom. The molecule has 2 aromatic heterocycles. The van der Waals surface area contributed by atoms with E-state index in [0.29, 0.717) is 0 Å². The molecule has 0 unspecified atom stereocenters. The number of hydrogen-bond donors (Lipinski definition) is 0. The molecule has 0 aliphatic carbocycles. The fourth-order valence-electron chi connectivity index (χ4n) is 1.58. The van der Waals surface area contributed by atoms with Gasteiger partial charge in [0.1, 0.15) is 0 Å². The smallest absolute Gasteiger partial charge is 0.157 e. The number of rotatable bonds is 1. The average molecular weight is 175 g/mol. The van der Waals surface area contributed by atoms with Crippen LogP contribution in [0.2, 0.25) is 0 Å². The van der Waals surface area contributed by atoms with Gasteiger partial charge in [0.25, 0.3) is 0 Å². The molecule has 0 N–H and O–H groups in total. The maximum Gasteiger partial charge on any atom is 0.157 e. The summed E-state index contributed by atoms with van der Waals surface area (Å²) in [5.41, 5.74) is 3.30. The molecule has 0 spiro atoms. The second-order valence-electron chi connectivity index (χ2n) is 3.31. The average Bonchev–Trinajstić information content (AvgIpc) is 2.42. The molecule has 2 rings (SSSR count). The zero-order valence-electron chi connectivity index (χ0n) is 8.20. The fraction of sp³-hybridized carbons (Fsp3) is 0.400. The molecule has 0 radical (unpaired) electrons. The number of nitrogens with zero attached hydrogens (tertiary/aromatic N) is 3. The van der Waals surface area contributed by atoms with Crippen LogP contribution in [0.5, 0.6) is 0 Å². The van der Waals surface area contributed by atoms with E-state index in [-0.39, 0.29) is 0 Å². The van der Waals surface area contributed by atoms with Crippen LogP contribution in [0.4, 0.5) is 0 Å². The van der Waals surface area contributed by atoms with E-state index in [1.807, 2.05) is 17.9 Å². The van der Waals surface area contributed by atoms with E-state index in [4.69, 9.17) is 0 Å². The molecule has 0 saturated heterocycles. The minimum atomic E-state index is 0.961. The standard InChI is InChI=1S/C10H13N3/c1-4-9-8-5-7(2)6-11-10(8)13(3)12-9/h5-6H,4H2,1-3H3. The largest absolute Gasteiger partial charge is 0.250 e. The quantitative estimate of drug-likeness (QED) is 0.662. The zero-order valence-corrected chi connectivity index (χ0v) is 8.20. The summed E-state index contributed by atoms with van der Waals surface area (Å²) in [5, 5.41) is 5.59. The van der Waals surface area contributed by atoms with Gasteiger partial charge in [0, 0.05) is 18.6 Å². The van der Waals surface area contributed by atoms with Gasteiger partial charge in [-0.05, 0) is 25.0 Å². The van der Waals surface area contributed by atoms with Crippen molar-refractivity contribution in [2.45, 2.75) is 20.3 Å². The summed E-state index contributed by atoms with van der Waals surface area (Å²) in [6.07, 6.45) is 2.84. The van der Waals surface area contributed by atoms with Crippen molar-refractivity contribution in [3.05, 3.63) is 23.5 Å². The summed E-state index contributed by atoms with van der Waals surface area (Å²) in [4.78, 5) is 4.35. The highest BCUT2D eigenvalue weighted by molar-refractivity contribution is 5.78. The van der Waals surface area contributed by atoms with Crippen LogP contribution in [0.3, 0.4) is 0 Å². The van der Waals surface area contributed by atoms with Crippen molar-refractivity contribution in [2.75, 3.05) is 0 Å². The topological polar surface area (TPSA) is 30.7 Å². The summed E-state index contributed by atoms with van der Waals surface area (Å²) in [6, 6.07) is 2.15.